The lowest BCUT2D eigenvalue weighted by atomic mass is 10.1. The van der Waals surface area contributed by atoms with Crippen LogP contribution in [-0.2, 0) is 17.8 Å². The van der Waals surface area contributed by atoms with Crippen LogP contribution >= 0.6 is 34.4 Å². The molecule has 10 heteroatoms. The summed E-state index contributed by atoms with van der Waals surface area (Å²) in [5.41, 5.74) is 4.66. The van der Waals surface area contributed by atoms with Crippen molar-refractivity contribution < 1.29 is 14.5 Å². The zero-order valence-electron chi connectivity index (χ0n) is 24.9. The monoisotopic (exact) mass is 750 g/mol. The molecule has 232 valence electrons. The zero-order chi connectivity index (χ0) is 32.3. The van der Waals surface area contributed by atoms with Crippen LogP contribution in [0, 0.1) is 13.7 Å². The van der Waals surface area contributed by atoms with Gasteiger partial charge in [0.25, 0.3) is 11.6 Å². The van der Waals surface area contributed by atoms with Gasteiger partial charge in [-0.05, 0) is 105 Å². The maximum Gasteiger partial charge on any atom is 0.269 e. The summed E-state index contributed by atoms with van der Waals surface area (Å²) < 4.78 is 7.16. The molecule has 6 aromatic rings. The highest BCUT2D eigenvalue weighted by atomic mass is 127. The van der Waals surface area contributed by atoms with Crippen molar-refractivity contribution in [1.29, 1.82) is 0 Å². The largest absolute Gasteiger partial charge is 0.488 e. The Balaban J connectivity index is 1.13. The van der Waals surface area contributed by atoms with Gasteiger partial charge in [-0.15, -0.1) is 0 Å². The number of nitrogens with zero attached hydrogens (tertiary/aromatic N) is 3. The number of carbonyl (C=O) groups excluding carboxylic acids is 1. The average molecular weight is 751 g/mol. The number of H-pyrrole nitrogens is 1. The number of halogens is 1. The maximum atomic E-state index is 13.8. The van der Waals surface area contributed by atoms with Crippen molar-refractivity contribution in [2.45, 2.75) is 13.0 Å². The van der Waals surface area contributed by atoms with E-state index in [1.165, 1.54) is 34.7 Å². The fourth-order valence-electron chi connectivity index (χ4n) is 5.57. The van der Waals surface area contributed by atoms with Crippen LogP contribution in [0.1, 0.15) is 16.7 Å². The highest BCUT2D eigenvalue weighted by Crippen LogP contribution is 2.36. The van der Waals surface area contributed by atoms with Gasteiger partial charge in [-0.1, -0.05) is 66.7 Å². The molecule has 5 aromatic carbocycles. The van der Waals surface area contributed by atoms with Gasteiger partial charge < -0.3 is 9.72 Å². The average Bonchev–Trinajstić information content (AvgIpc) is 3.63. The molecule has 1 saturated heterocycles. The Morgan fingerprint density at radius 2 is 1.68 bits per heavy atom. The van der Waals surface area contributed by atoms with Gasteiger partial charge in [0.2, 0.25) is 0 Å². The van der Waals surface area contributed by atoms with E-state index in [2.05, 4.69) is 57.9 Å². The Morgan fingerprint density at radius 3 is 2.49 bits per heavy atom. The van der Waals surface area contributed by atoms with E-state index in [1.54, 1.807) is 17.0 Å². The number of carbonyl (C=O) groups is 1. The van der Waals surface area contributed by atoms with Crippen LogP contribution in [0.4, 0.5) is 11.4 Å². The minimum atomic E-state index is -0.444. The molecular weight excluding hydrogens is 723 g/mol. The number of hydrogen-bond acceptors (Lipinski definition) is 6. The highest BCUT2D eigenvalue weighted by Gasteiger charge is 2.33. The molecule has 2 heterocycles. The van der Waals surface area contributed by atoms with E-state index in [-0.39, 0.29) is 11.6 Å². The smallest absolute Gasteiger partial charge is 0.269 e. The van der Waals surface area contributed by atoms with Gasteiger partial charge in [0, 0.05) is 35.8 Å². The zero-order valence-corrected chi connectivity index (χ0v) is 27.9. The van der Waals surface area contributed by atoms with Crippen molar-refractivity contribution in [3.05, 3.63) is 151 Å². The number of ether oxygens (including phenoxy) is 1. The summed E-state index contributed by atoms with van der Waals surface area (Å²) in [5.74, 6) is 0.633. The Kier molecular flexibility index (Phi) is 8.77. The van der Waals surface area contributed by atoms with E-state index < -0.39 is 4.92 Å². The third-order valence-corrected chi connectivity index (χ3v) is 9.82. The van der Waals surface area contributed by atoms with Crippen LogP contribution in [-0.4, -0.2) is 32.4 Å². The molecule has 0 bridgehead atoms. The Morgan fingerprint density at radius 1 is 0.915 bits per heavy atom. The van der Waals surface area contributed by atoms with Gasteiger partial charge in [-0.25, -0.2) is 4.99 Å². The summed E-state index contributed by atoms with van der Waals surface area (Å²) in [7, 11) is 0. The molecule has 1 aliphatic rings. The number of para-hydroxylation sites is 1. The molecule has 1 fully saturated rings. The molecule has 1 amide bonds. The first-order valence-electron chi connectivity index (χ1n) is 14.9. The fourth-order valence-corrected chi connectivity index (χ4v) is 7.29. The SMILES string of the molecule is O=C1/C(=C/c2ccc(OCc3cccc4ccccc34)c(I)c2)SC(=Nc2ccc([N+](=O)[O-])cc2)N1CCc1c[nH]c2ccccc12. The van der Waals surface area contributed by atoms with Gasteiger partial charge >= 0.3 is 0 Å². The quantitative estimate of drug-likeness (QED) is 0.0688. The minimum absolute atomic E-state index is 0.0139. The highest BCUT2D eigenvalue weighted by molar-refractivity contribution is 14.1. The van der Waals surface area contributed by atoms with Crippen LogP contribution in [0.2, 0.25) is 0 Å². The van der Waals surface area contributed by atoms with E-state index >= 15 is 0 Å². The van der Waals surface area contributed by atoms with E-state index in [0.29, 0.717) is 35.3 Å². The Bertz CT molecular complexity index is 2210. The van der Waals surface area contributed by atoms with Gasteiger partial charge in [-0.3, -0.25) is 19.8 Å². The van der Waals surface area contributed by atoms with Gasteiger partial charge in [0.15, 0.2) is 5.17 Å². The number of nitro benzene ring substituents is 1. The van der Waals surface area contributed by atoms with Crippen LogP contribution in [0.15, 0.2) is 125 Å². The number of hydrogen-bond donors (Lipinski definition) is 1. The van der Waals surface area contributed by atoms with Gasteiger partial charge in [-0.2, -0.15) is 0 Å². The Hall–Kier alpha value is -4.94. The third kappa shape index (κ3) is 6.65. The molecule has 0 radical (unpaired) electrons. The van der Waals surface area contributed by atoms with Crippen LogP contribution in [0.25, 0.3) is 27.8 Å². The lowest BCUT2D eigenvalue weighted by Crippen LogP contribution is -2.31. The molecule has 0 aliphatic carbocycles. The fraction of sp³-hybridized carbons (Fsp3) is 0.0811. The molecule has 1 aliphatic heterocycles. The van der Waals surface area contributed by atoms with Gasteiger partial charge in [0.05, 0.1) is 19.1 Å². The summed E-state index contributed by atoms with van der Waals surface area (Å²) in [5, 5.41) is 15.1. The third-order valence-electron chi connectivity index (χ3n) is 7.97. The predicted molar refractivity (Wildman–Crippen MR) is 197 cm³/mol. The van der Waals surface area contributed by atoms with Crippen molar-refractivity contribution in [3.8, 4) is 5.75 Å². The topological polar surface area (TPSA) is 101 Å². The second-order valence-corrected chi connectivity index (χ2v) is 13.1. The van der Waals surface area contributed by atoms with Crippen LogP contribution in [0.3, 0.4) is 0 Å². The molecule has 0 unspecified atom stereocenters. The second kappa shape index (κ2) is 13.4. The van der Waals surface area contributed by atoms with E-state index in [1.807, 2.05) is 66.9 Å². The molecule has 0 saturated carbocycles. The minimum Gasteiger partial charge on any atom is -0.488 e. The first-order valence-corrected chi connectivity index (χ1v) is 16.8. The summed E-state index contributed by atoms with van der Waals surface area (Å²) in [4.78, 5) is 34.8. The molecule has 1 N–H and O–H groups in total. The standard InChI is InChI=1S/C37H27IN4O4S/c38-32-20-24(12-17-34(32)46-23-27-8-5-7-25-6-1-2-9-30(25)27)21-35-36(43)41(19-18-26-22-39-33-11-4-3-10-31(26)33)37(47-35)40-28-13-15-29(16-14-28)42(44)45/h1-17,20-22,39H,18-19,23H2/b35-21-,40-37?. The number of amidine groups is 1. The molecule has 0 spiro atoms. The molecular formula is C37H27IN4O4S. The van der Waals surface area contributed by atoms with Crippen molar-refractivity contribution in [2.24, 2.45) is 4.99 Å². The summed E-state index contributed by atoms with van der Waals surface area (Å²) in [6.45, 7) is 0.870. The number of nitrogens with one attached hydrogen (secondary N) is 1. The normalized spacial score (nSPS) is 14.9. The molecule has 1 aromatic heterocycles. The van der Waals surface area contributed by atoms with Crippen LogP contribution < -0.4 is 4.74 Å². The number of amides is 1. The number of aromatic nitrogens is 1. The molecule has 7 rings (SSSR count). The summed E-state index contributed by atoms with van der Waals surface area (Å²) in [6, 6.07) is 34.5. The number of non-ortho nitro benzene ring substituents is 1. The maximum absolute atomic E-state index is 13.8. The number of aliphatic imine (C=N–C) groups is 1. The van der Waals surface area contributed by atoms with E-state index in [9.17, 15) is 14.9 Å². The number of rotatable bonds is 9. The summed E-state index contributed by atoms with van der Waals surface area (Å²) >= 11 is 3.56. The van der Waals surface area contributed by atoms with Crippen molar-refractivity contribution >= 4 is 84.6 Å². The number of aromatic amines is 1. The predicted octanol–water partition coefficient (Wildman–Crippen LogP) is 9.26. The van der Waals surface area contributed by atoms with E-state index in [0.717, 1.165) is 36.9 Å². The molecule has 0 atom stereocenters. The van der Waals surface area contributed by atoms with Crippen molar-refractivity contribution in [1.82, 2.24) is 9.88 Å². The first kappa shape index (κ1) is 30.7. The number of nitro groups is 1. The van der Waals surface area contributed by atoms with E-state index in [4.69, 9.17) is 9.73 Å². The lowest BCUT2D eigenvalue weighted by Gasteiger charge is -2.15. The number of benzene rings is 5. The first-order chi connectivity index (χ1) is 22.9. The van der Waals surface area contributed by atoms with Crippen LogP contribution in [0.5, 0.6) is 5.75 Å². The van der Waals surface area contributed by atoms with Crippen molar-refractivity contribution in [2.75, 3.05) is 6.54 Å². The summed E-state index contributed by atoms with van der Waals surface area (Å²) in [6.07, 6.45) is 4.48. The van der Waals surface area contributed by atoms with Crippen molar-refractivity contribution in [3.63, 3.8) is 0 Å². The molecule has 47 heavy (non-hydrogen) atoms. The number of thioether (sulfide) groups is 1. The Labute approximate surface area is 288 Å². The second-order valence-electron chi connectivity index (χ2n) is 11.0. The molecule has 8 nitrogen and oxygen atoms in total. The lowest BCUT2D eigenvalue weighted by molar-refractivity contribution is -0.384. The van der Waals surface area contributed by atoms with Gasteiger partial charge in [0.1, 0.15) is 12.4 Å². The number of fused-ring (bicyclic) bond motifs is 2.